The second-order valence-electron chi connectivity index (χ2n) is 7.86. The second-order valence-corrected chi connectivity index (χ2v) is 7.86. The third-order valence-electron chi connectivity index (χ3n) is 5.77. The lowest BCUT2D eigenvalue weighted by atomic mass is 9.91. The van der Waals surface area contributed by atoms with E-state index >= 15 is 0 Å². The number of amides is 2. The van der Waals surface area contributed by atoms with E-state index in [0.29, 0.717) is 12.0 Å². The molecular weight excluding hydrogens is 364 g/mol. The molecule has 0 aromatic heterocycles. The molecule has 2 aliphatic rings. The van der Waals surface area contributed by atoms with Gasteiger partial charge in [0.1, 0.15) is 0 Å². The molecule has 2 aromatic carbocycles. The van der Waals surface area contributed by atoms with Gasteiger partial charge >= 0.3 is 0 Å². The van der Waals surface area contributed by atoms with Crippen molar-refractivity contribution in [3.63, 3.8) is 0 Å². The minimum atomic E-state index is -0.0339. The van der Waals surface area contributed by atoms with E-state index in [1.807, 2.05) is 54.3 Å². The highest BCUT2D eigenvalue weighted by Crippen LogP contribution is 2.39. The van der Waals surface area contributed by atoms with Crippen molar-refractivity contribution in [2.24, 2.45) is 0 Å². The van der Waals surface area contributed by atoms with Crippen LogP contribution >= 0.6 is 0 Å². The molecule has 0 bridgehead atoms. The lowest BCUT2D eigenvalue weighted by Gasteiger charge is -2.40. The minimum Gasteiger partial charge on any atom is -0.378 e. The first kappa shape index (κ1) is 19.5. The van der Waals surface area contributed by atoms with Crippen LogP contribution in [-0.2, 0) is 4.79 Å². The highest BCUT2D eigenvalue weighted by atomic mass is 16.2. The predicted molar refractivity (Wildman–Crippen MR) is 115 cm³/mol. The van der Waals surface area contributed by atoms with Gasteiger partial charge in [0.25, 0.3) is 5.91 Å². The molecule has 3 N–H and O–H groups in total. The molecule has 2 aliphatic heterocycles. The summed E-state index contributed by atoms with van der Waals surface area (Å²) in [5.41, 5.74) is 3.75. The third-order valence-corrected chi connectivity index (χ3v) is 5.77. The lowest BCUT2D eigenvalue weighted by Crippen LogP contribution is -2.56. The fourth-order valence-electron chi connectivity index (χ4n) is 4.08. The van der Waals surface area contributed by atoms with Gasteiger partial charge in [0.05, 0.1) is 12.1 Å². The molecule has 0 aliphatic carbocycles. The minimum absolute atomic E-state index is 0.0339. The molecule has 0 unspecified atom stereocenters. The van der Waals surface area contributed by atoms with Crippen molar-refractivity contribution in [1.29, 1.82) is 0 Å². The molecule has 152 valence electrons. The van der Waals surface area contributed by atoms with E-state index in [0.717, 1.165) is 36.4 Å². The smallest absolute Gasteiger partial charge is 0.251 e. The number of nitrogens with zero attached hydrogens (tertiary/aromatic N) is 1. The Morgan fingerprint density at radius 1 is 1.10 bits per heavy atom. The summed E-state index contributed by atoms with van der Waals surface area (Å²) in [5.74, 6) is 0.119. The molecule has 0 saturated carbocycles. The van der Waals surface area contributed by atoms with Gasteiger partial charge in [0.2, 0.25) is 5.91 Å². The molecule has 1 fully saturated rings. The van der Waals surface area contributed by atoms with Crippen molar-refractivity contribution in [2.75, 3.05) is 23.3 Å². The molecule has 2 atom stereocenters. The van der Waals surface area contributed by atoms with Crippen molar-refractivity contribution < 1.29 is 9.59 Å². The van der Waals surface area contributed by atoms with Gasteiger partial charge in [-0.2, -0.15) is 0 Å². The van der Waals surface area contributed by atoms with E-state index in [2.05, 4.69) is 28.9 Å². The van der Waals surface area contributed by atoms with E-state index < -0.39 is 0 Å². The van der Waals surface area contributed by atoms with Gasteiger partial charge in [-0.1, -0.05) is 25.1 Å². The Kier molecular flexibility index (Phi) is 5.53. The van der Waals surface area contributed by atoms with Crippen LogP contribution in [0.1, 0.15) is 48.7 Å². The van der Waals surface area contributed by atoms with Crippen LogP contribution in [0.25, 0.3) is 0 Å². The first-order chi connectivity index (χ1) is 14.1. The molecule has 2 aromatic rings. The van der Waals surface area contributed by atoms with E-state index in [-0.39, 0.29) is 29.9 Å². The Labute approximate surface area is 171 Å². The maximum atomic E-state index is 12.5. The van der Waals surface area contributed by atoms with Crippen molar-refractivity contribution in [1.82, 2.24) is 10.6 Å². The van der Waals surface area contributed by atoms with Gasteiger partial charge in [-0.15, -0.1) is 0 Å². The first-order valence-electron chi connectivity index (χ1n) is 10.4. The monoisotopic (exact) mass is 392 g/mol. The summed E-state index contributed by atoms with van der Waals surface area (Å²) >= 11 is 0. The summed E-state index contributed by atoms with van der Waals surface area (Å²) in [6, 6.07) is 16.2. The number of anilines is 2. The van der Waals surface area contributed by atoms with Crippen molar-refractivity contribution >= 4 is 23.2 Å². The van der Waals surface area contributed by atoms with Gasteiger partial charge in [-0.05, 0) is 49.2 Å². The maximum absolute atomic E-state index is 12.5. The van der Waals surface area contributed by atoms with E-state index in [1.165, 1.54) is 0 Å². The molecule has 1 saturated heterocycles. The van der Waals surface area contributed by atoms with Crippen LogP contribution < -0.4 is 20.9 Å². The fraction of sp³-hybridized carbons (Fsp3) is 0.391. The third kappa shape index (κ3) is 3.98. The van der Waals surface area contributed by atoms with Gasteiger partial charge in [-0.25, -0.2) is 0 Å². The molecule has 4 rings (SSSR count). The Morgan fingerprint density at radius 2 is 1.83 bits per heavy atom. The van der Waals surface area contributed by atoms with Gasteiger partial charge in [0.15, 0.2) is 0 Å². The average Bonchev–Trinajstić information content (AvgIpc) is 2.70. The maximum Gasteiger partial charge on any atom is 0.251 e. The second kappa shape index (κ2) is 8.25. The number of carbonyl (C=O) groups excluding carboxylic acids is 2. The number of carbonyl (C=O) groups is 2. The molecule has 6 heteroatoms. The molecule has 2 heterocycles. The van der Waals surface area contributed by atoms with Crippen LogP contribution in [0.4, 0.5) is 11.4 Å². The summed E-state index contributed by atoms with van der Waals surface area (Å²) in [5, 5.41) is 9.76. The highest BCUT2D eigenvalue weighted by Gasteiger charge is 2.32. The van der Waals surface area contributed by atoms with Crippen molar-refractivity contribution in [2.45, 2.75) is 44.8 Å². The normalized spacial score (nSPS) is 21.1. The number of para-hydroxylation sites is 1. The molecule has 29 heavy (non-hydrogen) atoms. The summed E-state index contributed by atoms with van der Waals surface area (Å²) in [6.45, 7) is 5.67. The Hall–Kier alpha value is -2.86. The van der Waals surface area contributed by atoms with E-state index in [4.69, 9.17) is 0 Å². The molecule has 0 radical (unpaired) electrons. The summed E-state index contributed by atoms with van der Waals surface area (Å²) < 4.78 is 0. The summed E-state index contributed by atoms with van der Waals surface area (Å²) in [4.78, 5) is 26.7. The number of hydrogen-bond acceptors (Lipinski definition) is 4. The Bertz CT molecular complexity index is 892. The molecular formula is C23H28N4O2. The van der Waals surface area contributed by atoms with Gasteiger partial charge in [-0.3, -0.25) is 9.59 Å². The quantitative estimate of drug-likeness (QED) is 0.731. The zero-order valence-electron chi connectivity index (χ0n) is 16.9. The first-order valence-corrected chi connectivity index (χ1v) is 10.4. The Morgan fingerprint density at radius 3 is 2.48 bits per heavy atom. The number of benzene rings is 2. The number of nitrogens with one attached hydrogen (secondary N) is 3. The van der Waals surface area contributed by atoms with Crippen LogP contribution in [0.2, 0.25) is 0 Å². The lowest BCUT2D eigenvalue weighted by molar-refractivity contribution is -0.118. The number of fused-ring (bicyclic) bond motifs is 1. The van der Waals surface area contributed by atoms with Crippen LogP contribution in [-0.4, -0.2) is 37.0 Å². The van der Waals surface area contributed by atoms with Crippen molar-refractivity contribution in [3.05, 3.63) is 59.7 Å². The summed E-state index contributed by atoms with van der Waals surface area (Å²) in [6.07, 6.45) is 1.33. The number of hydrogen-bond donors (Lipinski definition) is 3. The molecule has 2 amide bonds. The molecule has 0 spiro atoms. The standard InChI is InChI=1S/C23H28N4O2/c1-3-22(28)27-15(2)12-20(19-6-4-5-7-21(19)27)25-17-10-8-16(9-11-17)23(29)26-18-13-24-14-18/h4-11,15,18,20,24-25H,3,12-14H2,1-2H3,(H,26,29)/t15-,20+/m0/s1. The summed E-state index contributed by atoms with van der Waals surface area (Å²) in [7, 11) is 0. The van der Waals surface area contributed by atoms with Gasteiger partial charge in [0, 0.05) is 42.5 Å². The van der Waals surface area contributed by atoms with Crippen LogP contribution in [0.3, 0.4) is 0 Å². The SMILES string of the molecule is CCC(=O)N1c2ccccc2[C@H](Nc2ccc(C(=O)NC3CNC3)cc2)C[C@@H]1C. The van der Waals surface area contributed by atoms with Crippen LogP contribution in [0.15, 0.2) is 48.5 Å². The topological polar surface area (TPSA) is 73.5 Å². The van der Waals surface area contributed by atoms with Crippen LogP contribution in [0, 0.1) is 0 Å². The highest BCUT2D eigenvalue weighted by molar-refractivity contribution is 5.96. The van der Waals surface area contributed by atoms with E-state index in [9.17, 15) is 9.59 Å². The number of rotatable bonds is 5. The zero-order valence-corrected chi connectivity index (χ0v) is 16.9. The van der Waals surface area contributed by atoms with Gasteiger partial charge < -0.3 is 20.9 Å². The van der Waals surface area contributed by atoms with Crippen molar-refractivity contribution in [3.8, 4) is 0 Å². The Balaban J connectivity index is 1.50. The zero-order chi connectivity index (χ0) is 20.4. The average molecular weight is 393 g/mol. The van der Waals surface area contributed by atoms with Crippen LogP contribution in [0.5, 0.6) is 0 Å². The largest absolute Gasteiger partial charge is 0.378 e. The predicted octanol–water partition coefficient (Wildman–Crippen LogP) is 3.08. The molecule has 6 nitrogen and oxygen atoms in total. The van der Waals surface area contributed by atoms with E-state index in [1.54, 1.807) is 0 Å². The fourth-order valence-corrected chi connectivity index (χ4v) is 4.08.